The van der Waals surface area contributed by atoms with E-state index in [0.717, 1.165) is 11.3 Å². The van der Waals surface area contributed by atoms with E-state index in [9.17, 15) is 14.4 Å². The summed E-state index contributed by atoms with van der Waals surface area (Å²) in [4.78, 5) is 21.6. The standard InChI is InChI=1S/C30H25ClF2N6OS/c1-15(16-6-4-11-37-28(16)35)39-13-10-18-23(30(39)40)19(7-5-12-38(2)3)26(33)24(25(18)31)17-8-9-21(32)27-22(17)20(14-34)29(36)41-27/h4,6,8-9,11,15H,10,12-13,36H2,1-3H3,(H2,35,37)/t15-/m1/s1. The summed E-state index contributed by atoms with van der Waals surface area (Å²) in [6.45, 7) is 2.43. The van der Waals surface area contributed by atoms with Crippen LogP contribution in [0.15, 0.2) is 30.5 Å². The number of carbonyl (C=O) groups is 1. The molecule has 11 heteroatoms. The van der Waals surface area contributed by atoms with Gasteiger partial charge in [-0.2, -0.15) is 5.26 Å². The third-order valence-electron chi connectivity index (χ3n) is 7.15. The summed E-state index contributed by atoms with van der Waals surface area (Å²) < 4.78 is 31.6. The molecular formula is C30H25ClF2N6OS. The lowest BCUT2D eigenvalue weighted by Gasteiger charge is -2.35. The predicted molar refractivity (Wildman–Crippen MR) is 159 cm³/mol. The molecular weight excluding hydrogens is 566 g/mol. The van der Waals surface area contributed by atoms with Crippen molar-refractivity contribution in [1.82, 2.24) is 14.8 Å². The minimum Gasteiger partial charge on any atom is -0.389 e. The fourth-order valence-electron chi connectivity index (χ4n) is 5.16. The van der Waals surface area contributed by atoms with Crippen molar-refractivity contribution in [2.45, 2.75) is 19.4 Å². The Morgan fingerprint density at radius 2 is 1.98 bits per heavy atom. The first-order valence-electron chi connectivity index (χ1n) is 12.7. The average Bonchev–Trinajstić information content (AvgIpc) is 3.28. The van der Waals surface area contributed by atoms with Crippen LogP contribution < -0.4 is 11.5 Å². The van der Waals surface area contributed by atoms with Gasteiger partial charge in [-0.3, -0.25) is 9.69 Å². The Bertz CT molecular complexity index is 1840. The topological polar surface area (TPSA) is 112 Å². The molecule has 0 saturated heterocycles. The zero-order valence-electron chi connectivity index (χ0n) is 22.5. The molecule has 4 aromatic rings. The molecule has 0 unspecified atom stereocenters. The van der Waals surface area contributed by atoms with Gasteiger partial charge in [-0.15, -0.1) is 11.3 Å². The number of amides is 1. The molecule has 2 aromatic carbocycles. The van der Waals surface area contributed by atoms with Gasteiger partial charge in [-0.05, 0) is 50.7 Å². The molecule has 208 valence electrons. The number of nitrogens with zero attached hydrogens (tertiary/aromatic N) is 4. The number of nitrogen functional groups attached to an aromatic ring is 2. The van der Waals surface area contributed by atoms with E-state index in [2.05, 4.69) is 16.8 Å². The second kappa shape index (κ2) is 11.0. The summed E-state index contributed by atoms with van der Waals surface area (Å²) in [5.41, 5.74) is 13.4. The lowest BCUT2D eigenvalue weighted by Crippen LogP contribution is -2.40. The largest absolute Gasteiger partial charge is 0.389 e. The van der Waals surface area contributed by atoms with Gasteiger partial charge in [0.15, 0.2) is 0 Å². The van der Waals surface area contributed by atoms with Gasteiger partial charge in [0.1, 0.15) is 28.5 Å². The highest BCUT2D eigenvalue weighted by Gasteiger charge is 2.36. The van der Waals surface area contributed by atoms with Gasteiger partial charge >= 0.3 is 0 Å². The van der Waals surface area contributed by atoms with Crippen molar-refractivity contribution in [2.75, 3.05) is 38.7 Å². The van der Waals surface area contributed by atoms with Crippen LogP contribution in [0.5, 0.6) is 0 Å². The van der Waals surface area contributed by atoms with E-state index in [4.69, 9.17) is 23.1 Å². The number of pyridine rings is 1. The highest BCUT2D eigenvalue weighted by Crippen LogP contribution is 2.47. The summed E-state index contributed by atoms with van der Waals surface area (Å²) in [6.07, 6.45) is 1.88. The highest BCUT2D eigenvalue weighted by molar-refractivity contribution is 7.23. The Kier molecular flexibility index (Phi) is 7.58. The van der Waals surface area contributed by atoms with Crippen molar-refractivity contribution >= 4 is 49.7 Å². The smallest absolute Gasteiger partial charge is 0.256 e. The Labute approximate surface area is 244 Å². The molecule has 0 saturated carbocycles. The summed E-state index contributed by atoms with van der Waals surface area (Å²) in [5.74, 6) is 4.25. The molecule has 4 N–H and O–H groups in total. The molecule has 7 nitrogen and oxygen atoms in total. The van der Waals surface area contributed by atoms with Gasteiger partial charge in [0.05, 0.1) is 39.0 Å². The van der Waals surface area contributed by atoms with Gasteiger partial charge in [-0.1, -0.05) is 35.6 Å². The zero-order valence-corrected chi connectivity index (χ0v) is 24.1. The predicted octanol–water partition coefficient (Wildman–Crippen LogP) is 5.60. The number of rotatable bonds is 4. The molecule has 41 heavy (non-hydrogen) atoms. The first-order valence-corrected chi connectivity index (χ1v) is 13.9. The number of thiophene rings is 1. The van der Waals surface area contributed by atoms with E-state index >= 15 is 4.39 Å². The molecule has 3 heterocycles. The van der Waals surface area contributed by atoms with E-state index in [1.807, 2.05) is 32.0 Å². The molecule has 1 atom stereocenters. The van der Waals surface area contributed by atoms with Gasteiger partial charge in [0, 0.05) is 29.3 Å². The molecule has 1 aliphatic heterocycles. The number of hydrogen-bond donors (Lipinski definition) is 2. The molecule has 0 spiro atoms. The summed E-state index contributed by atoms with van der Waals surface area (Å²) in [7, 11) is 3.64. The third kappa shape index (κ3) is 4.74. The molecule has 1 amide bonds. The maximum Gasteiger partial charge on any atom is 0.256 e. The van der Waals surface area contributed by atoms with Crippen molar-refractivity contribution < 1.29 is 13.6 Å². The van der Waals surface area contributed by atoms with E-state index in [0.29, 0.717) is 29.9 Å². The number of carbonyl (C=O) groups excluding carboxylic acids is 1. The van der Waals surface area contributed by atoms with Gasteiger partial charge in [0.2, 0.25) is 0 Å². The third-order valence-corrected chi connectivity index (χ3v) is 8.59. The van der Waals surface area contributed by atoms with Crippen LogP contribution in [-0.4, -0.2) is 47.9 Å². The fourth-order valence-corrected chi connectivity index (χ4v) is 6.48. The van der Waals surface area contributed by atoms with Crippen molar-refractivity contribution in [1.29, 1.82) is 5.26 Å². The van der Waals surface area contributed by atoms with E-state index in [1.54, 1.807) is 23.2 Å². The van der Waals surface area contributed by atoms with Crippen LogP contribution in [0.2, 0.25) is 5.02 Å². The van der Waals surface area contributed by atoms with E-state index in [1.165, 1.54) is 12.1 Å². The maximum atomic E-state index is 16.7. The first-order chi connectivity index (χ1) is 19.6. The number of anilines is 2. The summed E-state index contributed by atoms with van der Waals surface area (Å²) in [5, 5.41) is 10.1. The fraction of sp³-hybridized carbons (Fsp3) is 0.233. The maximum absolute atomic E-state index is 16.7. The number of benzene rings is 2. The highest BCUT2D eigenvalue weighted by atomic mass is 35.5. The van der Waals surface area contributed by atoms with Crippen LogP contribution >= 0.6 is 22.9 Å². The van der Waals surface area contributed by atoms with E-state index in [-0.39, 0.29) is 54.5 Å². The lowest BCUT2D eigenvalue weighted by molar-refractivity contribution is 0.0672. The molecule has 5 rings (SSSR count). The van der Waals surface area contributed by atoms with Crippen LogP contribution in [-0.2, 0) is 6.42 Å². The number of nitriles is 1. The monoisotopic (exact) mass is 590 g/mol. The SMILES string of the molecule is C[C@H](c1cccnc1N)N1CCc2c(Cl)c(-c3ccc(F)c4sc(N)c(C#N)c34)c(F)c(C#CCN(C)C)c2C1=O. The van der Waals surface area contributed by atoms with E-state index < -0.39 is 23.6 Å². The second-order valence-corrected chi connectivity index (χ2v) is 11.4. The van der Waals surface area contributed by atoms with Crippen LogP contribution in [0.4, 0.5) is 19.6 Å². The van der Waals surface area contributed by atoms with Crippen LogP contribution in [0.25, 0.3) is 21.2 Å². The summed E-state index contributed by atoms with van der Waals surface area (Å²) in [6, 6.07) is 7.66. The minimum atomic E-state index is -0.828. The number of nitrogens with two attached hydrogens (primary N) is 2. The Morgan fingerprint density at radius 3 is 2.66 bits per heavy atom. The molecule has 0 fully saturated rings. The quantitative estimate of drug-likeness (QED) is 0.299. The van der Waals surface area contributed by atoms with Crippen molar-refractivity contribution in [3.8, 4) is 29.0 Å². The Hall–Kier alpha value is -4.22. The molecule has 1 aliphatic rings. The van der Waals surface area contributed by atoms with Crippen molar-refractivity contribution in [3.05, 3.63) is 74.9 Å². The van der Waals surface area contributed by atoms with Gasteiger partial charge < -0.3 is 16.4 Å². The molecule has 0 radical (unpaired) electrons. The zero-order chi connectivity index (χ0) is 29.6. The second-order valence-electron chi connectivity index (χ2n) is 9.93. The normalized spacial score (nSPS) is 13.6. The Balaban J connectivity index is 1.77. The van der Waals surface area contributed by atoms with Crippen LogP contribution in [0.1, 0.15) is 45.6 Å². The van der Waals surface area contributed by atoms with Crippen molar-refractivity contribution in [2.24, 2.45) is 0 Å². The number of fused-ring (bicyclic) bond motifs is 2. The molecule has 0 bridgehead atoms. The minimum absolute atomic E-state index is 0.0128. The average molecular weight is 591 g/mol. The Morgan fingerprint density at radius 1 is 1.22 bits per heavy atom. The molecule has 2 aromatic heterocycles. The van der Waals surface area contributed by atoms with Crippen LogP contribution in [0.3, 0.4) is 0 Å². The first kappa shape index (κ1) is 28.3. The number of halogens is 3. The molecule has 0 aliphatic carbocycles. The summed E-state index contributed by atoms with van der Waals surface area (Å²) >= 11 is 7.81. The van der Waals surface area contributed by atoms with Crippen molar-refractivity contribution in [3.63, 3.8) is 0 Å². The van der Waals surface area contributed by atoms with Crippen LogP contribution in [0, 0.1) is 34.8 Å². The number of hydrogen-bond acceptors (Lipinski definition) is 7. The number of aromatic nitrogens is 1. The van der Waals surface area contributed by atoms with Gasteiger partial charge in [0.25, 0.3) is 5.91 Å². The van der Waals surface area contributed by atoms with Gasteiger partial charge in [-0.25, -0.2) is 13.8 Å². The lowest BCUT2D eigenvalue weighted by atomic mass is 9.87.